The predicted molar refractivity (Wildman–Crippen MR) is 69.0 cm³/mol. The van der Waals surface area contributed by atoms with Crippen molar-refractivity contribution in [2.75, 3.05) is 0 Å². The van der Waals surface area contributed by atoms with Crippen molar-refractivity contribution in [2.45, 2.75) is 0 Å². The summed E-state index contributed by atoms with van der Waals surface area (Å²) in [7, 11) is 0. The summed E-state index contributed by atoms with van der Waals surface area (Å²) in [5.41, 5.74) is 0.295. The molecule has 0 atom stereocenters. The molecule has 0 unspecified atom stereocenters. The standard InChI is InChI=1S/C14H7N3O3/c15-8-10-2-1-3-14(13(10)9-16)20-12-6-4-11(5-7-12)17(18)19/h1-7H. The first-order chi connectivity index (χ1) is 9.65. The van der Waals surface area contributed by atoms with Crippen LogP contribution >= 0.6 is 0 Å². The maximum atomic E-state index is 10.5. The van der Waals surface area contributed by atoms with Gasteiger partial charge in [-0.25, -0.2) is 0 Å². The van der Waals surface area contributed by atoms with Gasteiger partial charge in [-0.15, -0.1) is 0 Å². The van der Waals surface area contributed by atoms with Crippen LogP contribution in [0, 0.1) is 32.8 Å². The van der Waals surface area contributed by atoms with Gasteiger partial charge in [0.15, 0.2) is 0 Å². The number of benzene rings is 2. The molecule has 2 aromatic carbocycles. The molecule has 0 bridgehead atoms. The van der Waals surface area contributed by atoms with Crippen LogP contribution in [0.25, 0.3) is 0 Å². The number of nitrogens with zero attached hydrogens (tertiary/aromatic N) is 3. The lowest BCUT2D eigenvalue weighted by molar-refractivity contribution is -0.384. The van der Waals surface area contributed by atoms with Crippen molar-refractivity contribution < 1.29 is 9.66 Å². The van der Waals surface area contributed by atoms with E-state index in [-0.39, 0.29) is 22.6 Å². The fourth-order valence-electron chi connectivity index (χ4n) is 1.59. The summed E-state index contributed by atoms with van der Waals surface area (Å²) in [4.78, 5) is 10.0. The summed E-state index contributed by atoms with van der Waals surface area (Å²) in [6.07, 6.45) is 0. The summed E-state index contributed by atoms with van der Waals surface area (Å²) in [5.74, 6) is 0.586. The van der Waals surface area contributed by atoms with Gasteiger partial charge in [0.1, 0.15) is 29.2 Å². The van der Waals surface area contributed by atoms with E-state index in [2.05, 4.69) is 0 Å². The number of hydrogen-bond acceptors (Lipinski definition) is 5. The molecule has 96 valence electrons. The molecule has 20 heavy (non-hydrogen) atoms. The van der Waals surface area contributed by atoms with Gasteiger partial charge >= 0.3 is 0 Å². The molecule has 0 spiro atoms. The highest BCUT2D eigenvalue weighted by Gasteiger charge is 2.10. The zero-order valence-corrected chi connectivity index (χ0v) is 10.1. The van der Waals surface area contributed by atoms with Crippen LogP contribution in [0.3, 0.4) is 0 Å². The van der Waals surface area contributed by atoms with Gasteiger partial charge in [-0.05, 0) is 24.3 Å². The maximum absolute atomic E-state index is 10.5. The van der Waals surface area contributed by atoms with E-state index in [9.17, 15) is 10.1 Å². The van der Waals surface area contributed by atoms with E-state index in [1.807, 2.05) is 12.1 Å². The molecule has 6 nitrogen and oxygen atoms in total. The second-order valence-electron chi connectivity index (χ2n) is 3.76. The van der Waals surface area contributed by atoms with Crippen LogP contribution in [0.5, 0.6) is 11.5 Å². The molecule has 0 N–H and O–H groups in total. The van der Waals surface area contributed by atoms with Crippen LogP contribution < -0.4 is 4.74 Å². The minimum absolute atomic E-state index is 0.0522. The molecular formula is C14H7N3O3. The highest BCUT2D eigenvalue weighted by atomic mass is 16.6. The number of non-ortho nitro benzene ring substituents is 1. The fraction of sp³-hybridized carbons (Fsp3) is 0. The van der Waals surface area contributed by atoms with E-state index < -0.39 is 4.92 Å². The summed E-state index contributed by atoms with van der Waals surface area (Å²) in [6.45, 7) is 0. The molecule has 0 saturated carbocycles. The van der Waals surface area contributed by atoms with Gasteiger partial charge in [-0.2, -0.15) is 10.5 Å². The number of ether oxygens (including phenoxy) is 1. The molecule has 0 fully saturated rings. The van der Waals surface area contributed by atoms with Crippen molar-refractivity contribution in [2.24, 2.45) is 0 Å². The summed E-state index contributed by atoms with van der Waals surface area (Å²) >= 11 is 0. The fourth-order valence-corrected chi connectivity index (χ4v) is 1.59. The molecule has 0 radical (unpaired) electrons. The third-order valence-corrected chi connectivity index (χ3v) is 2.53. The van der Waals surface area contributed by atoms with Crippen LogP contribution in [0.15, 0.2) is 42.5 Å². The molecule has 0 amide bonds. The number of hydrogen-bond donors (Lipinski definition) is 0. The first kappa shape index (κ1) is 13.1. The first-order valence-corrected chi connectivity index (χ1v) is 5.51. The van der Waals surface area contributed by atoms with Crippen molar-refractivity contribution in [3.05, 3.63) is 63.7 Å². The molecular weight excluding hydrogens is 258 g/mol. The van der Waals surface area contributed by atoms with Crippen molar-refractivity contribution >= 4 is 5.69 Å². The molecule has 0 heterocycles. The number of nitro benzene ring substituents is 1. The summed E-state index contributed by atoms with van der Waals surface area (Å²) < 4.78 is 5.48. The van der Waals surface area contributed by atoms with Crippen LogP contribution in [0.1, 0.15) is 11.1 Å². The SMILES string of the molecule is N#Cc1cccc(Oc2ccc([N+](=O)[O-])cc2)c1C#N. The van der Waals surface area contributed by atoms with Gasteiger partial charge in [0.25, 0.3) is 5.69 Å². The molecule has 0 saturated heterocycles. The Kier molecular flexibility index (Phi) is 3.60. The van der Waals surface area contributed by atoms with Crippen LogP contribution in [-0.2, 0) is 0 Å². The van der Waals surface area contributed by atoms with E-state index >= 15 is 0 Å². The predicted octanol–water partition coefficient (Wildman–Crippen LogP) is 3.13. The Morgan fingerprint density at radius 2 is 1.75 bits per heavy atom. The molecule has 0 aliphatic rings. The first-order valence-electron chi connectivity index (χ1n) is 5.51. The molecule has 0 aliphatic heterocycles. The lowest BCUT2D eigenvalue weighted by Gasteiger charge is -2.07. The Morgan fingerprint density at radius 1 is 1.05 bits per heavy atom. The quantitative estimate of drug-likeness (QED) is 0.626. The Morgan fingerprint density at radius 3 is 2.30 bits per heavy atom. The summed E-state index contributed by atoms with van der Waals surface area (Å²) in [5, 5.41) is 28.5. The van der Waals surface area contributed by atoms with Gasteiger partial charge in [0.2, 0.25) is 0 Å². The zero-order valence-electron chi connectivity index (χ0n) is 10.1. The van der Waals surface area contributed by atoms with Gasteiger partial charge in [-0.3, -0.25) is 10.1 Å². The molecule has 6 heteroatoms. The maximum Gasteiger partial charge on any atom is 0.269 e. The van der Waals surface area contributed by atoms with Gasteiger partial charge in [0.05, 0.1) is 10.5 Å². The molecule has 0 aliphatic carbocycles. The van der Waals surface area contributed by atoms with E-state index in [1.165, 1.54) is 30.3 Å². The Bertz CT molecular complexity index is 740. The van der Waals surface area contributed by atoms with Gasteiger partial charge < -0.3 is 4.74 Å². The number of nitriles is 2. The van der Waals surface area contributed by atoms with E-state index in [4.69, 9.17) is 15.3 Å². The number of nitro groups is 1. The highest BCUT2D eigenvalue weighted by molar-refractivity contribution is 5.55. The van der Waals surface area contributed by atoms with Crippen LogP contribution in [-0.4, -0.2) is 4.92 Å². The largest absolute Gasteiger partial charge is 0.456 e. The smallest absolute Gasteiger partial charge is 0.269 e. The third-order valence-electron chi connectivity index (χ3n) is 2.53. The second-order valence-corrected chi connectivity index (χ2v) is 3.76. The highest BCUT2D eigenvalue weighted by Crippen LogP contribution is 2.28. The van der Waals surface area contributed by atoms with Gasteiger partial charge in [0, 0.05) is 12.1 Å². The minimum atomic E-state index is -0.513. The molecule has 2 rings (SSSR count). The average molecular weight is 265 g/mol. The average Bonchev–Trinajstić information content (AvgIpc) is 2.47. The Hall–Kier alpha value is -3.38. The molecule has 2 aromatic rings. The lowest BCUT2D eigenvalue weighted by atomic mass is 10.1. The van der Waals surface area contributed by atoms with Crippen molar-refractivity contribution in [3.63, 3.8) is 0 Å². The Labute approximate surface area is 114 Å². The third kappa shape index (κ3) is 2.55. The van der Waals surface area contributed by atoms with Crippen molar-refractivity contribution in [1.29, 1.82) is 10.5 Å². The topological polar surface area (TPSA) is 99.9 Å². The second kappa shape index (κ2) is 5.51. The van der Waals surface area contributed by atoms with Crippen molar-refractivity contribution in [1.82, 2.24) is 0 Å². The van der Waals surface area contributed by atoms with Crippen molar-refractivity contribution in [3.8, 4) is 23.6 Å². The zero-order chi connectivity index (χ0) is 14.5. The van der Waals surface area contributed by atoms with Crippen LogP contribution in [0.4, 0.5) is 5.69 Å². The number of rotatable bonds is 3. The normalized spacial score (nSPS) is 9.30. The van der Waals surface area contributed by atoms with Gasteiger partial charge in [-0.1, -0.05) is 6.07 Å². The molecule has 0 aromatic heterocycles. The van der Waals surface area contributed by atoms with E-state index in [1.54, 1.807) is 12.1 Å². The monoisotopic (exact) mass is 265 g/mol. The Balaban J connectivity index is 2.34. The minimum Gasteiger partial charge on any atom is -0.456 e. The lowest BCUT2D eigenvalue weighted by Crippen LogP contribution is -1.92. The van der Waals surface area contributed by atoms with Crippen LogP contribution in [0.2, 0.25) is 0 Å². The van der Waals surface area contributed by atoms with E-state index in [0.29, 0.717) is 5.75 Å². The van der Waals surface area contributed by atoms with E-state index in [0.717, 1.165) is 0 Å². The summed E-state index contributed by atoms with van der Waals surface area (Å²) in [6, 6.07) is 13.9.